The average Bonchev–Trinajstić information content (AvgIpc) is 2.75. The Morgan fingerprint density at radius 2 is 1.64 bits per heavy atom. The lowest BCUT2D eigenvalue weighted by molar-refractivity contribution is 0.310. The number of benzene rings is 1. The van der Waals surface area contributed by atoms with Crippen LogP contribution < -0.4 is 4.90 Å². The Kier molecular flexibility index (Phi) is 4.35. The van der Waals surface area contributed by atoms with E-state index in [1.54, 1.807) is 6.08 Å². The van der Waals surface area contributed by atoms with Crippen LogP contribution in [0.1, 0.15) is 19.4 Å². The first-order chi connectivity index (χ1) is 10.4. The monoisotopic (exact) mass is 299 g/mol. The Morgan fingerprint density at radius 1 is 1.00 bits per heavy atom. The number of hydrogen-bond acceptors (Lipinski definition) is 5. The molecule has 0 aliphatic heterocycles. The Balaban J connectivity index is 2.26. The van der Waals surface area contributed by atoms with E-state index < -0.39 is 5.41 Å². The maximum absolute atomic E-state index is 9.12. The molecule has 0 amide bonds. The van der Waals surface area contributed by atoms with Crippen molar-refractivity contribution in [2.24, 2.45) is 15.7 Å². The zero-order valence-corrected chi connectivity index (χ0v) is 13.3. The molecular formula is C17H21N3O2. The summed E-state index contributed by atoms with van der Waals surface area (Å²) in [7, 11) is 4.00. The molecule has 0 saturated heterocycles. The van der Waals surface area contributed by atoms with Gasteiger partial charge in [-0.1, -0.05) is 34.6 Å². The normalized spacial score (nSPS) is 20.8. The number of allylic oxidation sites excluding steroid dienone is 3. The van der Waals surface area contributed by atoms with E-state index in [1.165, 1.54) is 0 Å². The quantitative estimate of drug-likeness (QED) is 0.664. The molecule has 1 aromatic rings. The van der Waals surface area contributed by atoms with Gasteiger partial charge in [0.1, 0.15) is 11.4 Å². The van der Waals surface area contributed by atoms with E-state index in [2.05, 4.69) is 22.4 Å². The van der Waals surface area contributed by atoms with E-state index in [0.717, 1.165) is 16.8 Å². The highest BCUT2D eigenvalue weighted by atomic mass is 16.4. The third-order valence-corrected chi connectivity index (χ3v) is 3.92. The lowest BCUT2D eigenvalue weighted by Crippen LogP contribution is -2.25. The van der Waals surface area contributed by atoms with Crippen molar-refractivity contribution >= 4 is 23.2 Å². The van der Waals surface area contributed by atoms with E-state index in [-0.39, 0.29) is 5.71 Å². The Bertz CT molecular complexity index is 666. The summed E-state index contributed by atoms with van der Waals surface area (Å²) in [5, 5.41) is 24.6. The average molecular weight is 299 g/mol. The van der Waals surface area contributed by atoms with Crippen molar-refractivity contribution in [3.8, 4) is 0 Å². The molecule has 1 aliphatic rings. The maximum Gasteiger partial charge on any atom is 0.128 e. The van der Waals surface area contributed by atoms with Crippen molar-refractivity contribution in [2.45, 2.75) is 13.8 Å². The largest absolute Gasteiger partial charge is 0.411 e. The van der Waals surface area contributed by atoms with Crippen LogP contribution in [0.25, 0.3) is 6.08 Å². The SMILES string of the molecule is CN(C)c1ccc(/C=C/C2=CC(=N\O)/C(=N\O)C2(C)C)cc1. The summed E-state index contributed by atoms with van der Waals surface area (Å²) in [6, 6.07) is 8.18. The predicted octanol–water partition coefficient (Wildman–Crippen LogP) is 3.39. The fourth-order valence-electron chi connectivity index (χ4n) is 2.43. The summed E-state index contributed by atoms with van der Waals surface area (Å²) < 4.78 is 0. The van der Waals surface area contributed by atoms with Crippen LogP contribution in [-0.4, -0.2) is 35.9 Å². The molecule has 2 rings (SSSR count). The molecule has 0 bridgehead atoms. The second kappa shape index (κ2) is 6.05. The molecule has 0 unspecified atom stereocenters. The Labute approximate surface area is 130 Å². The number of rotatable bonds is 3. The summed E-state index contributed by atoms with van der Waals surface area (Å²) in [5.74, 6) is 0. The minimum absolute atomic E-state index is 0.287. The fraction of sp³-hybridized carbons (Fsp3) is 0.294. The third kappa shape index (κ3) is 2.88. The zero-order valence-electron chi connectivity index (χ0n) is 13.3. The van der Waals surface area contributed by atoms with Gasteiger partial charge in [-0.15, -0.1) is 0 Å². The van der Waals surface area contributed by atoms with Crippen LogP contribution in [-0.2, 0) is 0 Å². The first-order valence-electron chi connectivity index (χ1n) is 7.02. The summed E-state index contributed by atoms with van der Waals surface area (Å²) >= 11 is 0. The maximum atomic E-state index is 9.12. The van der Waals surface area contributed by atoms with E-state index in [1.807, 2.05) is 57.1 Å². The Hall–Kier alpha value is -2.56. The molecule has 0 fully saturated rings. The van der Waals surface area contributed by atoms with Gasteiger partial charge in [0.2, 0.25) is 0 Å². The van der Waals surface area contributed by atoms with Crippen molar-refractivity contribution in [3.63, 3.8) is 0 Å². The molecule has 0 atom stereocenters. The molecule has 0 heterocycles. The van der Waals surface area contributed by atoms with Gasteiger partial charge in [0.25, 0.3) is 0 Å². The van der Waals surface area contributed by atoms with E-state index >= 15 is 0 Å². The lowest BCUT2D eigenvalue weighted by Gasteiger charge is -2.20. The first kappa shape index (κ1) is 15.8. The molecule has 22 heavy (non-hydrogen) atoms. The van der Waals surface area contributed by atoms with Gasteiger partial charge in [0.05, 0.1) is 0 Å². The van der Waals surface area contributed by atoms with E-state index in [0.29, 0.717) is 5.71 Å². The van der Waals surface area contributed by atoms with Gasteiger partial charge >= 0.3 is 0 Å². The number of oxime groups is 2. The molecule has 116 valence electrons. The molecule has 5 nitrogen and oxygen atoms in total. The molecular weight excluding hydrogens is 278 g/mol. The molecule has 1 aliphatic carbocycles. The van der Waals surface area contributed by atoms with Gasteiger partial charge in [0.15, 0.2) is 0 Å². The van der Waals surface area contributed by atoms with Crippen LogP contribution in [0.4, 0.5) is 5.69 Å². The summed E-state index contributed by atoms with van der Waals surface area (Å²) in [4.78, 5) is 2.05. The molecule has 0 spiro atoms. The van der Waals surface area contributed by atoms with Crippen LogP contribution in [0, 0.1) is 5.41 Å². The number of nitrogens with zero attached hydrogens (tertiary/aromatic N) is 3. The van der Waals surface area contributed by atoms with Gasteiger partial charge in [-0.3, -0.25) is 0 Å². The molecule has 0 radical (unpaired) electrons. The summed E-state index contributed by atoms with van der Waals surface area (Å²) in [6.45, 7) is 3.84. The Morgan fingerprint density at radius 3 is 2.09 bits per heavy atom. The van der Waals surface area contributed by atoms with Gasteiger partial charge in [-0.05, 0) is 43.2 Å². The van der Waals surface area contributed by atoms with Crippen molar-refractivity contribution in [1.82, 2.24) is 0 Å². The van der Waals surface area contributed by atoms with E-state index in [9.17, 15) is 0 Å². The number of anilines is 1. The molecule has 1 aromatic carbocycles. The highest BCUT2D eigenvalue weighted by molar-refractivity contribution is 6.51. The molecule has 0 saturated carbocycles. The van der Waals surface area contributed by atoms with Gasteiger partial charge in [-0.2, -0.15) is 0 Å². The van der Waals surface area contributed by atoms with Crippen LogP contribution in [0.3, 0.4) is 0 Å². The highest BCUT2D eigenvalue weighted by Crippen LogP contribution is 2.36. The van der Waals surface area contributed by atoms with Crippen LogP contribution in [0.5, 0.6) is 0 Å². The van der Waals surface area contributed by atoms with Crippen molar-refractivity contribution < 1.29 is 10.4 Å². The summed E-state index contributed by atoms with van der Waals surface area (Å²) in [6.07, 6.45) is 5.66. The van der Waals surface area contributed by atoms with Crippen molar-refractivity contribution in [1.29, 1.82) is 0 Å². The van der Waals surface area contributed by atoms with Crippen molar-refractivity contribution in [2.75, 3.05) is 19.0 Å². The molecule has 5 heteroatoms. The second-order valence-electron chi connectivity index (χ2n) is 5.98. The van der Waals surface area contributed by atoms with Gasteiger partial charge in [0, 0.05) is 25.2 Å². The number of hydrogen-bond donors (Lipinski definition) is 2. The first-order valence-corrected chi connectivity index (χ1v) is 7.02. The van der Waals surface area contributed by atoms with Crippen LogP contribution in [0.2, 0.25) is 0 Å². The van der Waals surface area contributed by atoms with Gasteiger partial charge < -0.3 is 15.3 Å². The second-order valence-corrected chi connectivity index (χ2v) is 5.98. The lowest BCUT2D eigenvalue weighted by atomic mass is 9.83. The summed E-state index contributed by atoms with van der Waals surface area (Å²) in [5.41, 5.74) is 3.27. The third-order valence-electron chi connectivity index (χ3n) is 3.92. The van der Waals surface area contributed by atoms with Gasteiger partial charge in [-0.25, -0.2) is 0 Å². The smallest absolute Gasteiger partial charge is 0.128 e. The minimum atomic E-state index is -0.504. The van der Waals surface area contributed by atoms with E-state index in [4.69, 9.17) is 10.4 Å². The molecule has 0 aromatic heterocycles. The zero-order chi connectivity index (χ0) is 16.3. The highest BCUT2D eigenvalue weighted by Gasteiger charge is 2.38. The minimum Gasteiger partial charge on any atom is -0.411 e. The topological polar surface area (TPSA) is 68.4 Å². The van der Waals surface area contributed by atoms with Crippen LogP contribution in [0.15, 0.2) is 52.3 Å². The van der Waals surface area contributed by atoms with Crippen LogP contribution >= 0.6 is 0 Å². The standard InChI is InChI=1S/C17H21N3O2/c1-17(2)13(11-15(18-21)16(17)19-22)8-5-12-6-9-14(10-7-12)20(3)4/h5-11,21-22H,1-4H3/b8-5+,18-15+,19-16+. The molecule has 2 N–H and O–H groups in total. The van der Waals surface area contributed by atoms with Crippen molar-refractivity contribution in [3.05, 3.63) is 47.6 Å². The fourth-order valence-corrected chi connectivity index (χ4v) is 2.43. The predicted molar refractivity (Wildman–Crippen MR) is 90.1 cm³/mol.